The maximum atomic E-state index is 10.6. The van der Waals surface area contributed by atoms with E-state index in [1.54, 1.807) is 0 Å². The van der Waals surface area contributed by atoms with E-state index in [-0.39, 0.29) is 6.61 Å². The van der Waals surface area contributed by atoms with Gasteiger partial charge in [-0.15, -0.1) is 6.42 Å². The van der Waals surface area contributed by atoms with Gasteiger partial charge in [0.1, 0.15) is 6.61 Å². The van der Waals surface area contributed by atoms with Crippen LogP contribution >= 0.6 is 7.60 Å². The lowest BCUT2D eigenvalue weighted by atomic mass is 10.8. The van der Waals surface area contributed by atoms with E-state index in [2.05, 4.69) is 16.4 Å². The highest BCUT2D eigenvalue weighted by Gasteiger charge is 2.12. The van der Waals surface area contributed by atoms with Crippen LogP contribution in [0.3, 0.4) is 0 Å². The topological polar surface area (TPSA) is 46.5 Å². The summed E-state index contributed by atoms with van der Waals surface area (Å²) >= 11 is 0. The molecule has 0 aliphatic heterocycles. The zero-order valence-electron chi connectivity index (χ0n) is 5.50. The summed E-state index contributed by atoms with van der Waals surface area (Å²) in [7, 11) is -3.71. The van der Waals surface area contributed by atoms with Gasteiger partial charge in [-0.3, -0.25) is 4.52 Å². The summed E-state index contributed by atoms with van der Waals surface area (Å²) in [6, 6.07) is 0. The Morgan fingerprint density at radius 3 is 2.80 bits per heavy atom. The minimum absolute atomic E-state index is 0.192. The normalized spacial score (nSPS) is 14.1. The van der Waals surface area contributed by atoms with E-state index >= 15 is 0 Å². The van der Waals surface area contributed by atoms with Crippen molar-refractivity contribution in [2.24, 2.45) is 0 Å². The van der Waals surface area contributed by atoms with E-state index in [0.717, 1.165) is 0 Å². The first kappa shape index (κ1) is 9.27. The van der Waals surface area contributed by atoms with Crippen LogP contribution in [0.15, 0.2) is 0 Å². The zero-order valence-corrected chi connectivity index (χ0v) is 6.39. The van der Waals surface area contributed by atoms with Crippen molar-refractivity contribution in [3.05, 3.63) is 0 Å². The number of hydrogen-bond acceptors (Lipinski definition) is 2. The van der Waals surface area contributed by atoms with Crippen molar-refractivity contribution in [3.63, 3.8) is 0 Å². The van der Waals surface area contributed by atoms with Gasteiger partial charge >= 0.3 is 7.60 Å². The van der Waals surface area contributed by atoms with Crippen molar-refractivity contribution in [2.45, 2.75) is 6.92 Å². The van der Waals surface area contributed by atoms with Crippen LogP contribution < -0.4 is 0 Å². The van der Waals surface area contributed by atoms with Gasteiger partial charge in [-0.05, 0) is 6.92 Å². The molecule has 0 aromatic carbocycles. The van der Waals surface area contributed by atoms with Crippen LogP contribution in [0, 0.1) is 23.9 Å². The summed E-state index contributed by atoms with van der Waals surface area (Å²) in [6.07, 6.45) is 4.78. The van der Waals surface area contributed by atoms with Gasteiger partial charge in [0, 0.05) is 5.66 Å². The molecule has 0 saturated heterocycles. The molecule has 0 rings (SSSR count). The van der Waals surface area contributed by atoms with E-state index in [9.17, 15) is 4.57 Å². The molecule has 0 heterocycles. The maximum Gasteiger partial charge on any atom is 0.403 e. The van der Waals surface area contributed by atoms with E-state index in [0.29, 0.717) is 0 Å². The highest BCUT2D eigenvalue weighted by atomic mass is 31.2. The van der Waals surface area contributed by atoms with Gasteiger partial charge in [-0.1, -0.05) is 11.8 Å². The van der Waals surface area contributed by atoms with Gasteiger partial charge in [0.2, 0.25) is 0 Å². The second kappa shape index (κ2) is 4.14. The Bertz CT molecular complexity index is 240. The van der Waals surface area contributed by atoms with Crippen LogP contribution in [0.1, 0.15) is 6.92 Å². The lowest BCUT2D eigenvalue weighted by molar-refractivity contribution is 0.303. The molecule has 1 atom stereocenters. The number of hydrogen-bond donors (Lipinski definition) is 1. The highest BCUT2D eigenvalue weighted by Crippen LogP contribution is 2.39. The molecule has 0 radical (unpaired) electrons. The smallest absolute Gasteiger partial charge is 0.315 e. The maximum absolute atomic E-state index is 10.6. The third kappa shape index (κ3) is 4.18. The predicted molar refractivity (Wildman–Crippen MR) is 38.1 cm³/mol. The Morgan fingerprint density at radius 2 is 2.40 bits per heavy atom. The Kier molecular flexibility index (Phi) is 3.84. The predicted octanol–water partition coefficient (Wildman–Crippen LogP) is 0.802. The fourth-order valence-corrected chi connectivity index (χ4v) is 0.895. The van der Waals surface area contributed by atoms with Crippen LogP contribution in [0.2, 0.25) is 0 Å². The molecular formula is C6H7O3P. The van der Waals surface area contributed by atoms with Gasteiger partial charge in [0.25, 0.3) is 0 Å². The molecule has 0 aromatic heterocycles. The molecule has 54 valence electrons. The third-order valence-corrected chi connectivity index (χ3v) is 1.56. The van der Waals surface area contributed by atoms with Crippen molar-refractivity contribution < 1.29 is 14.0 Å². The molecule has 0 saturated carbocycles. The minimum atomic E-state index is -3.71. The SMILES string of the molecule is C#CCOP(=O)(O)C#CC. The summed E-state index contributed by atoms with van der Waals surface area (Å²) in [5, 5.41) is 0. The minimum Gasteiger partial charge on any atom is -0.315 e. The second-order valence-electron chi connectivity index (χ2n) is 1.36. The standard InChI is InChI=1S/C6H7O3P/c1-3-5-9-10(7,8)6-4-2/h1H,5H2,2H3,(H,7,8). The molecule has 1 unspecified atom stereocenters. The van der Waals surface area contributed by atoms with Gasteiger partial charge in [-0.2, -0.15) is 0 Å². The van der Waals surface area contributed by atoms with E-state index in [1.165, 1.54) is 6.92 Å². The van der Waals surface area contributed by atoms with Crippen molar-refractivity contribution in [1.29, 1.82) is 0 Å². The van der Waals surface area contributed by atoms with Gasteiger partial charge in [0.15, 0.2) is 0 Å². The first-order valence-electron chi connectivity index (χ1n) is 2.47. The average Bonchev–Trinajstić information content (AvgIpc) is 1.84. The van der Waals surface area contributed by atoms with Crippen molar-refractivity contribution in [3.8, 4) is 23.9 Å². The molecule has 0 aliphatic carbocycles. The molecule has 3 nitrogen and oxygen atoms in total. The summed E-state index contributed by atoms with van der Waals surface area (Å²) in [5.74, 6) is 4.32. The fraction of sp³-hybridized carbons (Fsp3) is 0.333. The van der Waals surface area contributed by atoms with Crippen molar-refractivity contribution in [1.82, 2.24) is 0 Å². The fourth-order valence-electron chi connectivity index (χ4n) is 0.298. The molecule has 0 aliphatic rings. The van der Waals surface area contributed by atoms with Crippen molar-refractivity contribution >= 4 is 7.60 Å². The first-order chi connectivity index (χ1) is 4.62. The molecule has 0 aromatic rings. The van der Waals surface area contributed by atoms with Crippen LogP contribution in [0.4, 0.5) is 0 Å². The van der Waals surface area contributed by atoms with E-state index in [4.69, 9.17) is 11.3 Å². The van der Waals surface area contributed by atoms with E-state index < -0.39 is 7.60 Å². The van der Waals surface area contributed by atoms with Crippen molar-refractivity contribution in [2.75, 3.05) is 6.61 Å². The molecule has 1 N–H and O–H groups in total. The Hall–Kier alpha value is -0.730. The Morgan fingerprint density at radius 1 is 1.80 bits per heavy atom. The lowest BCUT2D eigenvalue weighted by Gasteiger charge is -1.99. The molecule has 4 heteroatoms. The molecule has 0 amide bonds. The molecule has 10 heavy (non-hydrogen) atoms. The molecular weight excluding hydrogens is 151 g/mol. The second-order valence-corrected chi connectivity index (χ2v) is 2.88. The highest BCUT2D eigenvalue weighted by molar-refractivity contribution is 7.58. The monoisotopic (exact) mass is 158 g/mol. The van der Waals surface area contributed by atoms with Crippen LogP contribution in [0.25, 0.3) is 0 Å². The first-order valence-corrected chi connectivity index (χ1v) is 4.05. The third-order valence-electron chi connectivity index (χ3n) is 0.576. The lowest BCUT2D eigenvalue weighted by Crippen LogP contribution is -1.86. The van der Waals surface area contributed by atoms with Crippen LogP contribution in [-0.4, -0.2) is 11.5 Å². The summed E-state index contributed by atoms with van der Waals surface area (Å²) in [4.78, 5) is 8.71. The van der Waals surface area contributed by atoms with Crippen LogP contribution in [0.5, 0.6) is 0 Å². The molecule has 0 spiro atoms. The Balaban J connectivity index is 4.00. The quantitative estimate of drug-likeness (QED) is 0.477. The zero-order chi connectivity index (χ0) is 8.04. The molecule has 0 bridgehead atoms. The van der Waals surface area contributed by atoms with Crippen LogP contribution in [-0.2, 0) is 9.09 Å². The average molecular weight is 158 g/mol. The van der Waals surface area contributed by atoms with Gasteiger partial charge < -0.3 is 4.89 Å². The van der Waals surface area contributed by atoms with Gasteiger partial charge in [0.05, 0.1) is 0 Å². The largest absolute Gasteiger partial charge is 0.403 e. The number of terminal acetylenes is 1. The number of rotatable bonds is 2. The van der Waals surface area contributed by atoms with Gasteiger partial charge in [-0.25, -0.2) is 4.57 Å². The van der Waals surface area contributed by atoms with E-state index in [1.807, 2.05) is 5.66 Å². The summed E-state index contributed by atoms with van der Waals surface area (Å²) < 4.78 is 15.0. The molecule has 0 fully saturated rings. The summed E-state index contributed by atoms with van der Waals surface area (Å²) in [5.41, 5.74) is 2.00. The summed E-state index contributed by atoms with van der Waals surface area (Å²) in [6.45, 7) is 1.25. The Labute approximate surface area is 59.9 Å².